The summed E-state index contributed by atoms with van der Waals surface area (Å²) in [5.74, 6) is -0.680. The van der Waals surface area contributed by atoms with Crippen LogP contribution in [0, 0.1) is 6.92 Å². The summed E-state index contributed by atoms with van der Waals surface area (Å²) >= 11 is 3.30. The molecule has 4 N–H and O–H groups in total. The first-order chi connectivity index (χ1) is 36.5. The maximum atomic E-state index is 13.8. The van der Waals surface area contributed by atoms with Gasteiger partial charge in [0.25, 0.3) is 5.56 Å². The molecule has 2 aromatic carbocycles. The van der Waals surface area contributed by atoms with E-state index in [-0.39, 0.29) is 29.9 Å². The number of methoxy groups -OCH3 is 5. The number of carbonyl (C=O) groups is 4. The van der Waals surface area contributed by atoms with Crippen LogP contribution in [0.5, 0.6) is 23.0 Å². The minimum atomic E-state index is -4.27. The highest BCUT2D eigenvalue weighted by molar-refractivity contribution is 9.10. The van der Waals surface area contributed by atoms with E-state index >= 15 is 0 Å². The van der Waals surface area contributed by atoms with Crippen LogP contribution in [0.2, 0.25) is 0 Å². The summed E-state index contributed by atoms with van der Waals surface area (Å²) in [4.78, 5) is 82.1. The average molecular weight is 1190 g/mol. The van der Waals surface area contributed by atoms with Crippen molar-refractivity contribution < 1.29 is 79.6 Å². The topological polar surface area (TPSA) is 396 Å². The molecule has 12 atom stereocenters. The molecule has 0 bridgehead atoms. The van der Waals surface area contributed by atoms with Crippen molar-refractivity contribution in [1.82, 2.24) is 29.9 Å². The molecule has 6 unspecified atom stereocenters. The van der Waals surface area contributed by atoms with Crippen molar-refractivity contribution in [3.05, 3.63) is 102 Å². The SMILES string of the molecule is COC(=O)[C@H](C)NP(=O)(OC[C@H]1O[C@@H](N2C(=O)NC(=O)C(C)(Br)C2OC)CC1N=[N+]=[N-])Oc1ccc(OC)cc1.COC(=O)[C@H](C)NP(=O)(OC[C@H]1O[C@@H](n2cc(C)c(=O)[nH]c2=O)CC1N=[N+]=[N-])Oc1ccc(OC)cc1. The molecule has 31 nitrogen and oxygen atoms in total. The minimum Gasteiger partial charge on any atom is -0.497 e. The molecule has 6 rings (SSSR count). The van der Waals surface area contributed by atoms with Crippen molar-refractivity contribution in [2.75, 3.05) is 48.8 Å². The number of imide groups is 1. The lowest BCUT2D eigenvalue weighted by molar-refractivity contribution is -0.152. The summed E-state index contributed by atoms with van der Waals surface area (Å²) in [5, 5.41) is 14.7. The number of rotatable bonds is 23. The predicted molar refractivity (Wildman–Crippen MR) is 271 cm³/mol. The summed E-state index contributed by atoms with van der Waals surface area (Å²) < 4.78 is 86.6. The second-order valence-corrected chi connectivity index (χ2v) is 22.0. The number of aromatic nitrogens is 2. The van der Waals surface area contributed by atoms with E-state index < -0.39 is 123 Å². The molecule has 3 aromatic rings. The van der Waals surface area contributed by atoms with E-state index in [1.165, 1.54) is 103 Å². The number of azide groups is 2. The molecule has 3 fully saturated rings. The number of hydrogen-bond donors (Lipinski definition) is 4. The number of benzene rings is 2. The van der Waals surface area contributed by atoms with Crippen molar-refractivity contribution in [3.8, 4) is 23.0 Å². The zero-order chi connectivity index (χ0) is 56.8. The van der Waals surface area contributed by atoms with Gasteiger partial charge in [-0.1, -0.05) is 26.2 Å². The molecular formula is C43H57BrN12O19P2. The number of nitrogens with one attached hydrogen (secondary N) is 4. The average Bonchev–Trinajstić information content (AvgIpc) is 4.00. The predicted octanol–water partition coefficient (Wildman–Crippen LogP) is 5.00. The Morgan fingerprint density at radius 3 is 1.62 bits per heavy atom. The molecule has 3 aliphatic heterocycles. The van der Waals surface area contributed by atoms with Gasteiger partial charge in [0, 0.05) is 41.5 Å². The number of urea groups is 1. The smallest absolute Gasteiger partial charge is 0.459 e. The van der Waals surface area contributed by atoms with E-state index in [2.05, 4.69) is 65.9 Å². The molecule has 420 valence electrons. The Morgan fingerprint density at radius 2 is 1.21 bits per heavy atom. The number of H-pyrrole nitrogens is 1. The van der Waals surface area contributed by atoms with Crippen molar-refractivity contribution >= 4 is 55.3 Å². The van der Waals surface area contributed by atoms with Gasteiger partial charge in [0.1, 0.15) is 51.9 Å². The van der Waals surface area contributed by atoms with Gasteiger partial charge in [-0.25, -0.2) is 18.7 Å². The molecule has 1 aromatic heterocycles. The molecule has 0 saturated carbocycles. The molecule has 34 heteroatoms. The van der Waals surface area contributed by atoms with E-state index in [0.717, 1.165) is 0 Å². The Kier molecular flexibility index (Phi) is 21.7. The standard InChI is InChI=1S/C22H30BrN6O10P.C21H27N6O9P/c1-12(18(30)35-4)27-40(33,39-14-8-6-13(34-3)7-9-14)37-11-16-15(26-28-24)10-17(38-16)29-20(36-5)22(2,23)19(31)25-21(29)32;1-12-10-27(21(30)23-19(12)28)18-9-16(24-26-22)17(35-18)11-34-37(31,25-13(2)20(29)33-4)36-15-7-5-14(32-3)6-8-15/h6-9,12,15-17,20H,10-11H2,1-5H3,(H,27,33)(H,25,31,32);5-8,10,13,16-18H,9,11H2,1-4H3,(H,25,31)(H,23,28,30)/t12-,15?,16+,17+,20?,22?,40?;13-,16?,17+,18+,37?/m00/s1. The van der Waals surface area contributed by atoms with Crippen LogP contribution >= 0.6 is 31.4 Å². The van der Waals surface area contributed by atoms with Gasteiger partial charge < -0.3 is 42.2 Å². The molecule has 3 aliphatic rings. The minimum absolute atomic E-state index is 0.0122. The van der Waals surface area contributed by atoms with Crippen molar-refractivity contribution in [3.63, 3.8) is 0 Å². The zero-order valence-corrected chi connectivity index (χ0v) is 46.2. The summed E-state index contributed by atoms with van der Waals surface area (Å²) in [6.45, 7) is 5.03. The molecular weight excluding hydrogens is 1130 g/mol. The third-order valence-corrected chi connectivity index (χ3v) is 15.7. The number of alkyl halides is 1. The van der Waals surface area contributed by atoms with E-state index in [4.69, 9.17) is 52.8 Å². The third-order valence-electron chi connectivity index (χ3n) is 11.6. The van der Waals surface area contributed by atoms with Crippen molar-refractivity contribution in [2.24, 2.45) is 10.2 Å². The van der Waals surface area contributed by atoms with Gasteiger partial charge in [0.2, 0.25) is 5.91 Å². The van der Waals surface area contributed by atoms with Crippen LogP contribution in [0.4, 0.5) is 4.79 Å². The molecule has 0 radical (unpaired) electrons. The first-order valence-electron chi connectivity index (χ1n) is 22.9. The maximum absolute atomic E-state index is 13.8. The van der Waals surface area contributed by atoms with Crippen molar-refractivity contribution in [2.45, 2.75) is 99.9 Å². The Bertz CT molecular complexity index is 2900. The Balaban J connectivity index is 0.000000285. The summed E-state index contributed by atoms with van der Waals surface area (Å²) in [5.41, 5.74) is 17.2. The van der Waals surface area contributed by atoms with Gasteiger partial charge in [0.15, 0.2) is 6.23 Å². The summed E-state index contributed by atoms with van der Waals surface area (Å²) in [6.07, 6.45) is -3.50. The van der Waals surface area contributed by atoms with E-state index in [1.54, 1.807) is 24.3 Å². The van der Waals surface area contributed by atoms with Gasteiger partial charge >= 0.3 is 39.2 Å². The lowest BCUT2D eigenvalue weighted by Gasteiger charge is -2.44. The highest BCUT2D eigenvalue weighted by atomic mass is 79.9. The first kappa shape index (κ1) is 61.3. The van der Waals surface area contributed by atoms with Crippen LogP contribution in [-0.4, -0.2) is 140 Å². The second kappa shape index (κ2) is 27.2. The zero-order valence-electron chi connectivity index (χ0n) is 42.8. The van der Waals surface area contributed by atoms with Gasteiger partial charge in [0.05, 0.1) is 65.9 Å². The van der Waals surface area contributed by atoms with Crippen LogP contribution in [-0.2, 0) is 56.2 Å². The monoisotopic (exact) mass is 1190 g/mol. The van der Waals surface area contributed by atoms with E-state index in [9.17, 15) is 37.9 Å². The Hall–Kier alpha value is -6.52. The lowest BCUT2D eigenvalue weighted by Crippen LogP contribution is -2.69. The normalized spacial score (nSPS) is 25.1. The molecule has 3 saturated heterocycles. The van der Waals surface area contributed by atoms with Gasteiger partial charge in [-0.15, -0.1) is 0 Å². The fraction of sp³-hybridized carbons (Fsp3) is 0.535. The van der Waals surface area contributed by atoms with Crippen LogP contribution in [0.3, 0.4) is 0 Å². The quantitative estimate of drug-likeness (QED) is 0.0242. The number of halogens is 1. The molecule has 0 aliphatic carbocycles. The number of carbonyl (C=O) groups excluding carboxylic acids is 4. The number of nitrogens with zero attached hydrogens (tertiary/aromatic N) is 8. The fourth-order valence-corrected chi connectivity index (χ4v) is 11.1. The van der Waals surface area contributed by atoms with Crippen LogP contribution in [0.25, 0.3) is 20.9 Å². The highest BCUT2D eigenvalue weighted by Gasteiger charge is 2.54. The Morgan fingerprint density at radius 1 is 0.779 bits per heavy atom. The molecule has 0 spiro atoms. The number of aromatic amines is 1. The van der Waals surface area contributed by atoms with Crippen LogP contribution in [0.1, 0.15) is 45.4 Å². The lowest BCUT2D eigenvalue weighted by atomic mass is 10.0. The van der Waals surface area contributed by atoms with Gasteiger partial charge in [-0.05, 0) is 87.3 Å². The number of aryl methyl sites for hydroxylation is 1. The van der Waals surface area contributed by atoms with Gasteiger partial charge in [-0.3, -0.25) is 48.0 Å². The highest BCUT2D eigenvalue weighted by Crippen LogP contribution is 2.48. The number of ether oxygens (including phenoxy) is 7. The number of hydrogen-bond acceptors (Lipinski definition) is 21. The van der Waals surface area contributed by atoms with E-state index in [1.807, 2.05) is 0 Å². The summed E-state index contributed by atoms with van der Waals surface area (Å²) in [6, 6.07) is 7.67. The Labute approximate surface area is 447 Å². The van der Waals surface area contributed by atoms with Crippen molar-refractivity contribution in [1.29, 1.82) is 0 Å². The fourth-order valence-electron chi connectivity index (χ4n) is 7.63. The number of esters is 2. The first-order valence-corrected chi connectivity index (χ1v) is 26.8. The second-order valence-electron chi connectivity index (χ2n) is 17.0. The molecule has 3 amide bonds. The maximum Gasteiger partial charge on any atom is 0.459 e. The largest absolute Gasteiger partial charge is 0.497 e. The molecule has 4 heterocycles. The number of amides is 3. The molecule has 77 heavy (non-hydrogen) atoms. The summed E-state index contributed by atoms with van der Waals surface area (Å²) in [7, 11) is -1.86. The van der Waals surface area contributed by atoms with Crippen LogP contribution in [0.15, 0.2) is 74.5 Å². The van der Waals surface area contributed by atoms with Gasteiger partial charge in [-0.2, -0.15) is 10.2 Å². The van der Waals surface area contributed by atoms with Crippen LogP contribution < -0.4 is 45.3 Å². The third kappa shape index (κ3) is 15.8. The van der Waals surface area contributed by atoms with E-state index in [0.29, 0.717) is 11.5 Å².